The molecule has 18 heavy (non-hydrogen) atoms. The molecule has 1 aromatic carbocycles. The zero-order chi connectivity index (χ0) is 12.5. The molecular weight excluding hydrogens is 251 g/mol. The SMILES string of the molecule is Fc1ccc(Cl)cc1CNC1CCN2CCCC12. The molecule has 2 unspecified atom stereocenters. The van der Waals surface area contributed by atoms with E-state index in [9.17, 15) is 4.39 Å². The molecule has 2 aliphatic heterocycles. The molecule has 0 bridgehead atoms. The van der Waals surface area contributed by atoms with Crippen molar-refractivity contribution in [2.24, 2.45) is 0 Å². The Kier molecular flexibility index (Phi) is 3.55. The Morgan fingerprint density at radius 2 is 2.22 bits per heavy atom. The molecule has 2 fully saturated rings. The summed E-state index contributed by atoms with van der Waals surface area (Å²) >= 11 is 5.90. The monoisotopic (exact) mass is 268 g/mol. The highest BCUT2D eigenvalue weighted by molar-refractivity contribution is 6.30. The van der Waals surface area contributed by atoms with Crippen molar-refractivity contribution in [2.45, 2.75) is 37.9 Å². The largest absolute Gasteiger partial charge is 0.308 e. The van der Waals surface area contributed by atoms with Crippen LogP contribution in [0.1, 0.15) is 24.8 Å². The maximum absolute atomic E-state index is 13.6. The molecule has 0 aliphatic carbocycles. The zero-order valence-electron chi connectivity index (χ0n) is 10.3. The van der Waals surface area contributed by atoms with Crippen LogP contribution in [0.2, 0.25) is 5.02 Å². The second-order valence-electron chi connectivity index (χ2n) is 5.26. The van der Waals surface area contributed by atoms with Gasteiger partial charge >= 0.3 is 0 Å². The minimum atomic E-state index is -0.173. The van der Waals surface area contributed by atoms with Gasteiger partial charge in [0.1, 0.15) is 5.82 Å². The molecule has 0 aromatic heterocycles. The number of nitrogens with one attached hydrogen (secondary N) is 1. The first-order chi connectivity index (χ1) is 8.74. The van der Waals surface area contributed by atoms with Crippen LogP contribution in [-0.2, 0) is 6.54 Å². The van der Waals surface area contributed by atoms with Crippen molar-refractivity contribution in [3.05, 3.63) is 34.6 Å². The van der Waals surface area contributed by atoms with E-state index in [0.717, 1.165) is 0 Å². The summed E-state index contributed by atoms with van der Waals surface area (Å²) in [5.74, 6) is -0.173. The molecule has 2 saturated heterocycles. The van der Waals surface area contributed by atoms with Crippen LogP contribution >= 0.6 is 11.6 Å². The van der Waals surface area contributed by atoms with Crippen LogP contribution in [0.4, 0.5) is 4.39 Å². The summed E-state index contributed by atoms with van der Waals surface area (Å²) in [5, 5.41) is 4.10. The summed E-state index contributed by atoms with van der Waals surface area (Å²) in [4.78, 5) is 2.55. The Morgan fingerprint density at radius 1 is 1.33 bits per heavy atom. The Labute approximate surface area is 112 Å². The van der Waals surface area contributed by atoms with E-state index in [-0.39, 0.29) is 5.82 Å². The van der Waals surface area contributed by atoms with E-state index in [0.29, 0.717) is 29.2 Å². The van der Waals surface area contributed by atoms with E-state index in [1.165, 1.54) is 38.4 Å². The summed E-state index contributed by atoms with van der Waals surface area (Å²) in [6.07, 6.45) is 3.75. The highest BCUT2D eigenvalue weighted by atomic mass is 35.5. The van der Waals surface area contributed by atoms with Gasteiger partial charge in [-0.2, -0.15) is 0 Å². The summed E-state index contributed by atoms with van der Waals surface area (Å²) < 4.78 is 13.6. The molecule has 0 saturated carbocycles. The highest BCUT2D eigenvalue weighted by Gasteiger charge is 2.36. The second kappa shape index (κ2) is 5.16. The molecule has 4 heteroatoms. The molecule has 1 N–H and O–H groups in total. The zero-order valence-corrected chi connectivity index (χ0v) is 11.1. The number of benzene rings is 1. The maximum Gasteiger partial charge on any atom is 0.127 e. The van der Waals surface area contributed by atoms with E-state index in [4.69, 9.17) is 11.6 Å². The molecule has 2 nitrogen and oxygen atoms in total. The summed E-state index contributed by atoms with van der Waals surface area (Å²) in [5.41, 5.74) is 0.666. The highest BCUT2D eigenvalue weighted by Crippen LogP contribution is 2.28. The molecule has 3 rings (SSSR count). The van der Waals surface area contributed by atoms with Gasteiger partial charge in [-0.1, -0.05) is 11.6 Å². The maximum atomic E-state index is 13.6. The minimum absolute atomic E-state index is 0.173. The average molecular weight is 269 g/mol. The number of halogens is 2. The predicted octanol–water partition coefficient (Wildman–Crippen LogP) is 2.81. The molecule has 0 spiro atoms. The van der Waals surface area contributed by atoms with Gasteiger partial charge in [-0.25, -0.2) is 4.39 Å². The van der Waals surface area contributed by atoms with Crippen molar-refractivity contribution in [1.29, 1.82) is 0 Å². The molecule has 0 radical (unpaired) electrons. The van der Waals surface area contributed by atoms with Crippen LogP contribution in [0.25, 0.3) is 0 Å². The van der Waals surface area contributed by atoms with Crippen LogP contribution in [0.5, 0.6) is 0 Å². The fourth-order valence-corrected chi connectivity index (χ4v) is 3.44. The topological polar surface area (TPSA) is 15.3 Å². The summed E-state index contributed by atoms with van der Waals surface area (Å²) in [7, 11) is 0. The van der Waals surface area contributed by atoms with Crippen LogP contribution in [0, 0.1) is 5.82 Å². The number of nitrogens with zero attached hydrogens (tertiary/aromatic N) is 1. The number of hydrogen-bond acceptors (Lipinski definition) is 2. The standard InChI is InChI=1S/C14H18ClFN2/c15-11-3-4-12(16)10(8-11)9-17-13-5-7-18-6-1-2-14(13)18/h3-4,8,13-14,17H,1-2,5-7,9H2. The normalized spacial score (nSPS) is 27.7. The van der Waals surface area contributed by atoms with Gasteiger partial charge in [0.2, 0.25) is 0 Å². The van der Waals surface area contributed by atoms with E-state index in [2.05, 4.69) is 10.2 Å². The fraction of sp³-hybridized carbons (Fsp3) is 0.571. The Bertz CT molecular complexity index is 438. The van der Waals surface area contributed by atoms with Crippen molar-refractivity contribution in [2.75, 3.05) is 13.1 Å². The number of rotatable bonds is 3. The van der Waals surface area contributed by atoms with Gasteiger partial charge in [0.25, 0.3) is 0 Å². The molecule has 2 aliphatic rings. The third kappa shape index (κ3) is 2.40. The third-order valence-electron chi connectivity index (χ3n) is 4.17. The van der Waals surface area contributed by atoms with Crippen molar-refractivity contribution >= 4 is 11.6 Å². The Morgan fingerprint density at radius 3 is 3.11 bits per heavy atom. The van der Waals surface area contributed by atoms with Gasteiger partial charge in [-0.15, -0.1) is 0 Å². The fourth-order valence-electron chi connectivity index (χ4n) is 3.24. The lowest BCUT2D eigenvalue weighted by Crippen LogP contribution is -2.38. The van der Waals surface area contributed by atoms with E-state index < -0.39 is 0 Å². The van der Waals surface area contributed by atoms with Crippen molar-refractivity contribution < 1.29 is 4.39 Å². The quantitative estimate of drug-likeness (QED) is 0.907. The first-order valence-electron chi connectivity index (χ1n) is 6.65. The molecule has 0 amide bonds. The first kappa shape index (κ1) is 12.4. The van der Waals surface area contributed by atoms with Crippen molar-refractivity contribution in [3.63, 3.8) is 0 Å². The van der Waals surface area contributed by atoms with Gasteiger partial charge < -0.3 is 5.32 Å². The van der Waals surface area contributed by atoms with Crippen molar-refractivity contribution in [1.82, 2.24) is 10.2 Å². The van der Waals surface area contributed by atoms with E-state index >= 15 is 0 Å². The molecule has 1 aromatic rings. The van der Waals surface area contributed by atoms with Gasteiger partial charge in [0.05, 0.1) is 0 Å². The third-order valence-corrected chi connectivity index (χ3v) is 4.40. The average Bonchev–Trinajstić information content (AvgIpc) is 2.93. The van der Waals surface area contributed by atoms with Crippen LogP contribution < -0.4 is 5.32 Å². The molecule has 2 atom stereocenters. The number of fused-ring (bicyclic) bond motifs is 1. The minimum Gasteiger partial charge on any atom is -0.308 e. The first-order valence-corrected chi connectivity index (χ1v) is 7.03. The Hall–Kier alpha value is -0.640. The predicted molar refractivity (Wildman–Crippen MR) is 71.2 cm³/mol. The van der Waals surface area contributed by atoms with Crippen LogP contribution in [-0.4, -0.2) is 30.1 Å². The lowest BCUT2D eigenvalue weighted by atomic mass is 10.1. The lowest BCUT2D eigenvalue weighted by molar-refractivity contribution is 0.298. The van der Waals surface area contributed by atoms with Crippen LogP contribution in [0.3, 0.4) is 0 Å². The smallest absolute Gasteiger partial charge is 0.127 e. The molecule has 98 valence electrons. The van der Waals surface area contributed by atoms with Gasteiger partial charge in [0, 0.05) is 35.8 Å². The Balaban J connectivity index is 1.62. The van der Waals surface area contributed by atoms with Gasteiger partial charge in [0.15, 0.2) is 0 Å². The lowest BCUT2D eigenvalue weighted by Gasteiger charge is -2.21. The molecular formula is C14H18ClFN2. The van der Waals surface area contributed by atoms with Crippen LogP contribution in [0.15, 0.2) is 18.2 Å². The summed E-state index contributed by atoms with van der Waals surface area (Å²) in [6.45, 7) is 2.98. The molecule has 2 heterocycles. The van der Waals surface area contributed by atoms with E-state index in [1.807, 2.05) is 0 Å². The second-order valence-corrected chi connectivity index (χ2v) is 5.69. The van der Waals surface area contributed by atoms with E-state index in [1.54, 1.807) is 12.1 Å². The summed E-state index contributed by atoms with van der Waals surface area (Å²) in [6, 6.07) is 5.91. The van der Waals surface area contributed by atoms with Gasteiger partial charge in [-0.05, 0) is 44.0 Å². The van der Waals surface area contributed by atoms with Crippen molar-refractivity contribution in [3.8, 4) is 0 Å². The number of hydrogen-bond donors (Lipinski definition) is 1. The van der Waals surface area contributed by atoms with Gasteiger partial charge in [-0.3, -0.25) is 4.90 Å².